The van der Waals surface area contributed by atoms with Gasteiger partial charge in [-0.3, -0.25) is 9.59 Å². The monoisotopic (exact) mass is 402 g/mol. The molecule has 0 aliphatic rings. The summed E-state index contributed by atoms with van der Waals surface area (Å²) in [6, 6.07) is 20.6. The Labute approximate surface area is 174 Å². The molecule has 0 bridgehead atoms. The van der Waals surface area contributed by atoms with Crippen molar-refractivity contribution in [1.29, 1.82) is 0 Å². The first-order chi connectivity index (χ1) is 14.4. The molecule has 7 heteroatoms. The number of urea groups is 1. The Bertz CT molecular complexity index is 1060. The third-order valence-corrected chi connectivity index (χ3v) is 4.24. The predicted octanol–water partition coefficient (Wildman–Crippen LogP) is 4.85. The lowest BCUT2D eigenvalue weighted by atomic mass is 10.1. The van der Waals surface area contributed by atoms with Gasteiger partial charge in [-0.1, -0.05) is 24.3 Å². The number of hydrogen-bond donors (Lipinski definition) is 4. The zero-order chi connectivity index (χ0) is 21.5. The molecular formula is C23H22N4O3. The number of rotatable bonds is 5. The molecule has 0 saturated heterocycles. The van der Waals surface area contributed by atoms with E-state index in [0.717, 1.165) is 5.56 Å². The van der Waals surface area contributed by atoms with Gasteiger partial charge >= 0.3 is 6.03 Å². The highest BCUT2D eigenvalue weighted by Gasteiger charge is 2.09. The smallest absolute Gasteiger partial charge is 0.323 e. The van der Waals surface area contributed by atoms with Crippen molar-refractivity contribution in [1.82, 2.24) is 0 Å². The molecule has 4 N–H and O–H groups in total. The first-order valence-corrected chi connectivity index (χ1v) is 9.33. The van der Waals surface area contributed by atoms with Crippen LogP contribution in [0, 0.1) is 6.92 Å². The van der Waals surface area contributed by atoms with E-state index in [9.17, 15) is 14.4 Å². The molecular weight excluding hydrogens is 380 g/mol. The summed E-state index contributed by atoms with van der Waals surface area (Å²) in [5.41, 5.74) is 3.78. The first-order valence-electron chi connectivity index (χ1n) is 9.33. The number of carbonyl (C=O) groups excluding carboxylic acids is 3. The molecule has 0 heterocycles. The minimum absolute atomic E-state index is 0.180. The maximum Gasteiger partial charge on any atom is 0.323 e. The average molecular weight is 402 g/mol. The lowest BCUT2D eigenvalue weighted by Gasteiger charge is -2.11. The van der Waals surface area contributed by atoms with E-state index in [0.29, 0.717) is 28.3 Å². The zero-order valence-electron chi connectivity index (χ0n) is 16.7. The molecule has 0 aliphatic heterocycles. The minimum atomic E-state index is -0.372. The molecule has 7 nitrogen and oxygen atoms in total. The highest BCUT2D eigenvalue weighted by atomic mass is 16.2. The second-order valence-electron chi connectivity index (χ2n) is 6.69. The Kier molecular flexibility index (Phi) is 6.44. The van der Waals surface area contributed by atoms with Crippen molar-refractivity contribution in [2.45, 2.75) is 13.8 Å². The number of amides is 4. The molecule has 3 rings (SSSR count). The normalized spacial score (nSPS) is 10.1. The summed E-state index contributed by atoms with van der Waals surface area (Å²) in [4.78, 5) is 35.9. The minimum Gasteiger partial charge on any atom is -0.326 e. The molecule has 0 atom stereocenters. The quantitative estimate of drug-likeness (QED) is 0.491. The molecule has 3 aromatic rings. The van der Waals surface area contributed by atoms with E-state index in [1.54, 1.807) is 48.5 Å². The lowest BCUT2D eigenvalue weighted by molar-refractivity contribution is -0.114. The van der Waals surface area contributed by atoms with Crippen LogP contribution in [0.1, 0.15) is 22.8 Å². The van der Waals surface area contributed by atoms with E-state index in [1.807, 2.05) is 31.2 Å². The maximum absolute atomic E-state index is 12.5. The Balaban J connectivity index is 1.61. The summed E-state index contributed by atoms with van der Waals surface area (Å²) in [7, 11) is 0. The van der Waals surface area contributed by atoms with Crippen molar-refractivity contribution in [3.63, 3.8) is 0 Å². The van der Waals surface area contributed by atoms with E-state index >= 15 is 0 Å². The zero-order valence-corrected chi connectivity index (χ0v) is 16.7. The van der Waals surface area contributed by atoms with Gasteiger partial charge in [0.2, 0.25) is 5.91 Å². The predicted molar refractivity (Wildman–Crippen MR) is 119 cm³/mol. The van der Waals surface area contributed by atoms with Crippen LogP contribution in [0.4, 0.5) is 27.5 Å². The first kappa shape index (κ1) is 20.6. The van der Waals surface area contributed by atoms with Gasteiger partial charge in [0.05, 0.1) is 0 Å². The number of anilines is 4. The molecule has 3 aromatic carbocycles. The van der Waals surface area contributed by atoms with Gasteiger partial charge in [-0.15, -0.1) is 0 Å². The summed E-state index contributed by atoms with van der Waals surface area (Å²) in [6.07, 6.45) is 0. The summed E-state index contributed by atoms with van der Waals surface area (Å²) < 4.78 is 0. The molecule has 152 valence electrons. The van der Waals surface area contributed by atoms with Crippen molar-refractivity contribution in [3.05, 3.63) is 83.9 Å². The van der Waals surface area contributed by atoms with Gasteiger partial charge in [-0.25, -0.2) is 4.79 Å². The van der Waals surface area contributed by atoms with Crippen LogP contribution >= 0.6 is 0 Å². The SMILES string of the molecule is CC(=O)Nc1cc(NC(=O)c2ccc(NC(=O)Nc3ccccc3)cc2)ccc1C. The summed E-state index contributed by atoms with van der Waals surface area (Å²) in [5.74, 6) is -0.478. The summed E-state index contributed by atoms with van der Waals surface area (Å²) in [6.45, 7) is 3.30. The van der Waals surface area contributed by atoms with E-state index in [-0.39, 0.29) is 17.8 Å². The topological polar surface area (TPSA) is 99.3 Å². The number of nitrogens with one attached hydrogen (secondary N) is 4. The van der Waals surface area contributed by atoms with E-state index < -0.39 is 0 Å². The second-order valence-corrected chi connectivity index (χ2v) is 6.69. The Morgan fingerprint density at radius 1 is 0.667 bits per heavy atom. The number of carbonyl (C=O) groups is 3. The van der Waals surface area contributed by atoms with Crippen molar-refractivity contribution in [2.24, 2.45) is 0 Å². The van der Waals surface area contributed by atoms with E-state index in [1.165, 1.54) is 6.92 Å². The molecule has 0 fully saturated rings. The van der Waals surface area contributed by atoms with E-state index in [4.69, 9.17) is 0 Å². The fourth-order valence-electron chi connectivity index (χ4n) is 2.75. The molecule has 0 unspecified atom stereocenters. The fourth-order valence-corrected chi connectivity index (χ4v) is 2.75. The van der Waals surface area contributed by atoms with Gasteiger partial charge in [-0.05, 0) is 61.0 Å². The van der Waals surface area contributed by atoms with Crippen molar-refractivity contribution in [2.75, 3.05) is 21.3 Å². The number of aryl methyl sites for hydroxylation is 1. The fraction of sp³-hybridized carbons (Fsp3) is 0.0870. The average Bonchev–Trinajstić information content (AvgIpc) is 2.71. The highest BCUT2D eigenvalue weighted by Crippen LogP contribution is 2.21. The molecule has 0 saturated carbocycles. The van der Waals surface area contributed by atoms with Crippen LogP contribution in [0.25, 0.3) is 0 Å². The lowest BCUT2D eigenvalue weighted by Crippen LogP contribution is -2.19. The Morgan fingerprint density at radius 2 is 1.27 bits per heavy atom. The third-order valence-electron chi connectivity index (χ3n) is 4.24. The van der Waals surface area contributed by atoms with Gasteiger partial charge in [0.1, 0.15) is 0 Å². The molecule has 0 radical (unpaired) electrons. The van der Waals surface area contributed by atoms with Gasteiger partial charge in [-0.2, -0.15) is 0 Å². The van der Waals surface area contributed by atoms with Gasteiger partial charge in [0.15, 0.2) is 0 Å². The number of benzene rings is 3. The number of hydrogen-bond acceptors (Lipinski definition) is 3. The summed E-state index contributed by atoms with van der Waals surface area (Å²) >= 11 is 0. The van der Waals surface area contributed by atoms with Crippen LogP contribution in [0.15, 0.2) is 72.8 Å². The van der Waals surface area contributed by atoms with Crippen LogP contribution in [0.3, 0.4) is 0 Å². The molecule has 30 heavy (non-hydrogen) atoms. The van der Waals surface area contributed by atoms with Crippen LogP contribution < -0.4 is 21.3 Å². The van der Waals surface area contributed by atoms with Crippen LogP contribution in [-0.4, -0.2) is 17.8 Å². The van der Waals surface area contributed by atoms with Crippen molar-refractivity contribution >= 4 is 40.6 Å². The summed E-state index contributed by atoms with van der Waals surface area (Å²) in [5, 5.41) is 11.0. The number of para-hydroxylation sites is 1. The molecule has 4 amide bonds. The van der Waals surface area contributed by atoms with Crippen LogP contribution in [-0.2, 0) is 4.79 Å². The van der Waals surface area contributed by atoms with Gasteiger partial charge in [0, 0.05) is 35.2 Å². The Morgan fingerprint density at radius 3 is 1.90 bits per heavy atom. The van der Waals surface area contributed by atoms with Crippen molar-refractivity contribution in [3.8, 4) is 0 Å². The molecule has 0 spiro atoms. The van der Waals surface area contributed by atoms with E-state index in [2.05, 4.69) is 21.3 Å². The molecule has 0 aromatic heterocycles. The van der Waals surface area contributed by atoms with Crippen LogP contribution in [0.5, 0.6) is 0 Å². The maximum atomic E-state index is 12.5. The second kappa shape index (κ2) is 9.38. The van der Waals surface area contributed by atoms with Gasteiger partial charge in [0.25, 0.3) is 5.91 Å². The largest absolute Gasteiger partial charge is 0.326 e. The standard InChI is InChI=1S/C23H22N4O3/c1-15-8-11-20(14-21(15)24-16(2)28)25-22(29)17-9-12-19(13-10-17)27-23(30)26-18-6-4-3-5-7-18/h3-14H,1-2H3,(H,24,28)(H,25,29)(H2,26,27,30). The highest BCUT2D eigenvalue weighted by molar-refractivity contribution is 6.05. The third kappa shape index (κ3) is 5.68. The van der Waals surface area contributed by atoms with Crippen LogP contribution in [0.2, 0.25) is 0 Å². The Hall–Kier alpha value is -4.13. The van der Waals surface area contributed by atoms with Crippen molar-refractivity contribution < 1.29 is 14.4 Å². The molecule has 0 aliphatic carbocycles. The van der Waals surface area contributed by atoms with Gasteiger partial charge < -0.3 is 21.3 Å².